The Labute approximate surface area is 886 Å². The highest BCUT2D eigenvalue weighted by Gasteiger charge is 2.58. The number of thiophene rings is 3. The molecule has 9 aromatic carbocycles. The standard InChI is InChI=1S/C136H172N2O4S3/c1-9-17-25-33-41-55-87-133(88-56-42-34-26-18-10-2)117-96-114-119(135(116-86-95-143-129(114)116,103-70-78-107(79-71-103)139-91-59-45-37-29-21-13-5)104-72-80-108(81-73-104)140-92-60-46-38-30-22-14-6)98-112(117)131-124(133)125-132(145-131)113-99-120-115(97-118(113)134(125,89-57-43-35-27-19-11-3)90-58-44-36-28-20-12-4)130-121(100-123(144-130)111-68-63-69-122-128(111)138-127(102-66-53-50-54-67-102)126(137-122)101-64-51-49-52-65-101)136(120,105-74-82-109(83-75-105)141-93-61-47-39-31-23-15-7)106-76-84-110(85-77-106)142-94-62-48-40-32-24-16-8/h49-54,63-86,95-100H,9-48,55-62,87-94H2,1-8H3. The van der Waals surface area contributed by atoms with Crippen molar-refractivity contribution >= 4 is 45.0 Å². The molecule has 4 aliphatic carbocycles. The van der Waals surface area contributed by atoms with Gasteiger partial charge in [0.1, 0.15) is 23.0 Å². The lowest BCUT2D eigenvalue weighted by Gasteiger charge is -2.39. The third-order valence-electron chi connectivity index (χ3n) is 33.3. The second-order valence-electron chi connectivity index (χ2n) is 43.5. The topological polar surface area (TPSA) is 62.7 Å². The van der Waals surface area contributed by atoms with Gasteiger partial charge in [-0.3, -0.25) is 0 Å². The van der Waals surface area contributed by atoms with Gasteiger partial charge in [0, 0.05) is 51.9 Å². The summed E-state index contributed by atoms with van der Waals surface area (Å²) in [5.41, 5.74) is 28.0. The molecule has 0 atom stereocenters. The van der Waals surface area contributed by atoms with Crippen LogP contribution in [0.2, 0.25) is 0 Å². The van der Waals surface area contributed by atoms with Crippen molar-refractivity contribution in [3.8, 4) is 97.7 Å². The first-order valence-corrected chi connectivity index (χ1v) is 61.3. The third-order valence-corrected chi connectivity index (χ3v) is 36.7. The maximum absolute atomic E-state index is 6.90. The number of hydrogen-bond donors (Lipinski definition) is 0. The van der Waals surface area contributed by atoms with E-state index in [-0.39, 0.29) is 10.8 Å². The number of nitrogens with zero attached hydrogens (tertiary/aromatic N) is 2. The van der Waals surface area contributed by atoms with Gasteiger partial charge in [0.25, 0.3) is 0 Å². The normalized spacial score (nSPS) is 13.9. The Morgan fingerprint density at radius 2 is 0.538 bits per heavy atom. The fraction of sp³-hybridized carbons (Fsp3) is 0.500. The summed E-state index contributed by atoms with van der Waals surface area (Å²) in [6.45, 7) is 21.7. The maximum Gasteiger partial charge on any atom is 0.119 e. The number of aromatic nitrogens is 2. The number of benzene rings is 9. The van der Waals surface area contributed by atoms with E-state index in [4.69, 9.17) is 28.9 Å². The van der Waals surface area contributed by atoms with Gasteiger partial charge in [0.05, 0.1) is 59.7 Å². The van der Waals surface area contributed by atoms with Gasteiger partial charge in [-0.1, -0.05) is 459 Å². The van der Waals surface area contributed by atoms with Crippen LogP contribution in [0.25, 0.3) is 85.8 Å². The van der Waals surface area contributed by atoms with Crippen LogP contribution in [0.4, 0.5) is 0 Å². The summed E-state index contributed by atoms with van der Waals surface area (Å²) in [7, 11) is 0. The summed E-state index contributed by atoms with van der Waals surface area (Å²) >= 11 is 6.22. The molecule has 0 fully saturated rings. The number of fused-ring (bicyclic) bond motifs is 14. The van der Waals surface area contributed by atoms with E-state index in [1.807, 2.05) is 22.7 Å². The van der Waals surface area contributed by atoms with Gasteiger partial charge < -0.3 is 18.9 Å². The van der Waals surface area contributed by atoms with Crippen molar-refractivity contribution in [2.24, 2.45) is 0 Å². The zero-order chi connectivity index (χ0) is 99.9. The molecule has 0 spiro atoms. The van der Waals surface area contributed by atoms with Crippen molar-refractivity contribution in [3.63, 3.8) is 0 Å². The minimum absolute atomic E-state index is 0.245. The maximum atomic E-state index is 6.90. The first-order valence-electron chi connectivity index (χ1n) is 58.8. The summed E-state index contributed by atoms with van der Waals surface area (Å²) in [5.74, 6) is 3.78. The van der Waals surface area contributed by atoms with E-state index < -0.39 is 10.8 Å². The monoisotopic (exact) mass is 1990 g/mol. The Morgan fingerprint density at radius 1 is 0.234 bits per heavy atom. The molecule has 0 unspecified atom stereocenters. The average molecular weight is 2000 g/mol. The predicted molar refractivity (Wildman–Crippen MR) is 624 cm³/mol. The highest BCUT2D eigenvalue weighted by atomic mass is 32.1. The number of unbranched alkanes of at least 4 members (excludes halogenated alkanes) is 40. The first kappa shape index (κ1) is 107. The van der Waals surface area contributed by atoms with Crippen LogP contribution in [0.15, 0.2) is 218 Å². The fourth-order valence-electron chi connectivity index (χ4n) is 25.5. The summed E-state index contributed by atoms with van der Waals surface area (Å²) in [6.07, 6.45) is 64.2. The van der Waals surface area contributed by atoms with Gasteiger partial charge in [-0.15, -0.1) is 34.0 Å². The molecule has 6 nitrogen and oxygen atoms in total. The second-order valence-corrected chi connectivity index (χ2v) is 46.5. The van der Waals surface area contributed by atoms with Crippen LogP contribution in [-0.2, 0) is 21.7 Å². The Kier molecular flexibility index (Phi) is 39.6. The minimum Gasteiger partial charge on any atom is -0.494 e. The molecule has 4 aromatic heterocycles. The largest absolute Gasteiger partial charge is 0.494 e. The molecule has 0 saturated carbocycles. The van der Waals surface area contributed by atoms with E-state index >= 15 is 0 Å². The SMILES string of the molecule is CCCCCCCCOc1ccc(C2(c3ccc(OCCCCCCCC)cc3)c3cc4c(cc3-c3sccc32)C(CCCCCCCC)(CCCCCCCC)c2c-4sc3c2C(CCCCCCCC)(CCCCCCCC)c2cc4c(cc2-3)C(c2ccc(OCCCCCCCC)cc2)(c2ccc(OCCCCCCCC)cc2)c2cc(-c3cccc5nc(-c6ccccc6)c(-c6ccccc6)nc35)sc2-4)cc1. The number of para-hydroxylation sites is 1. The molecule has 13 aromatic rings. The van der Waals surface area contributed by atoms with Gasteiger partial charge >= 0.3 is 0 Å². The van der Waals surface area contributed by atoms with Gasteiger partial charge in [-0.25, -0.2) is 9.97 Å². The Bertz CT molecular complexity index is 6000. The smallest absolute Gasteiger partial charge is 0.119 e. The Balaban J connectivity index is 0.923. The van der Waals surface area contributed by atoms with E-state index in [2.05, 4.69) is 284 Å². The van der Waals surface area contributed by atoms with E-state index in [1.165, 1.54) is 364 Å². The van der Waals surface area contributed by atoms with Gasteiger partial charge in [0.2, 0.25) is 0 Å². The molecule has 0 aliphatic heterocycles. The molecule has 768 valence electrons. The lowest BCUT2D eigenvalue weighted by molar-refractivity contribution is 0.304. The van der Waals surface area contributed by atoms with E-state index in [0.29, 0.717) is 13.2 Å². The Hall–Kier alpha value is -9.38. The molecule has 0 bridgehead atoms. The molecule has 4 heterocycles. The molecule has 0 N–H and O–H groups in total. The quantitative estimate of drug-likeness (QED) is 0.0354. The van der Waals surface area contributed by atoms with Crippen molar-refractivity contribution in [2.45, 2.75) is 411 Å². The van der Waals surface area contributed by atoms with Crippen LogP contribution in [0, 0.1) is 0 Å². The Morgan fingerprint density at radius 3 is 0.890 bits per heavy atom. The zero-order valence-corrected chi connectivity index (χ0v) is 92.6. The third kappa shape index (κ3) is 23.9. The molecule has 0 saturated heterocycles. The molecule has 0 amide bonds. The molecule has 9 heteroatoms. The lowest BCUT2D eigenvalue weighted by atomic mass is 9.63. The van der Waals surface area contributed by atoms with Gasteiger partial charge in [0.15, 0.2) is 0 Å². The highest BCUT2D eigenvalue weighted by Crippen LogP contribution is 2.72. The summed E-state index contributed by atoms with van der Waals surface area (Å²) in [4.78, 5) is 18.7. The second kappa shape index (κ2) is 53.7. The number of rotatable bonds is 67. The summed E-state index contributed by atoms with van der Waals surface area (Å²) in [6, 6.07) is 83.4. The highest BCUT2D eigenvalue weighted by molar-refractivity contribution is 7.20. The van der Waals surface area contributed by atoms with Crippen LogP contribution >= 0.6 is 34.0 Å². The van der Waals surface area contributed by atoms with Crippen LogP contribution in [0.3, 0.4) is 0 Å². The lowest BCUT2D eigenvalue weighted by Crippen LogP contribution is -2.33. The van der Waals surface area contributed by atoms with Crippen LogP contribution in [-0.4, -0.2) is 36.4 Å². The molecule has 0 radical (unpaired) electrons. The predicted octanol–water partition coefficient (Wildman–Crippen LogP) is 42.0. The van der Waals surface area contributed by atoms with Crippen molar-refractivity contribution in [1.29, 1.82) is 0 Å². The van der Waals surface area contributed by atoms with Gasteiger partial charge in [-0.05, 0) is 237 Å². The van der Waals surface area contributed by atoms with E-state index in [1.54, 1.807) is 32.0 Å². The minimum atomic E-state index is -0.800. The van der Waals surface area contributed by atoms with Crippen molar-refractivity contribution in [3.05, 3.63) is 284 Å². The van der Waals surface area contributed by atoms with Crippen molar-refractivity contribution in [2.75, 3.05) is 26.4 Å². The fourth-order valence-corrected chi connectivity index (χ4v) is 29.3. The molecule has 145 heavy (non-hydrogen) atoms. The summed E-state index contributed by atoms with van der Waals surface area (Å²) in [5, 5.41) is 2.43. The number of ether oxygens (including phenoxy) is 4. The van der Waals surface area contributed by atoms with Crippen molar-refractivity contribution in [1.82, 2.24) is 9.97 Å². The molecule has 17 rings (SSSR count). The van der Waals surface area contributed by atoms with Gasteiger partial charge in [-0.2, -0.15) is 0 Å². The van der Waals surface area contributed by atoms with Crippen LogP contribution < -0.4 is 18.9 Å². The van der Waals surface area contributed by atoms with Crippen LogP contribution in [0.5, 0.6) is 23.0 Å². The molecule has 4 aliphatic rings. The van der Waals surface area contributed by atoms with Crippen LogP contribution in [0.1, 0.15) is 456 Å². The molecular weight excluding hydrogens is 1820 g/mol. The average Bonchev–Trinajstić information content (AvgIpc) is 1.48. The zero-order valence-electron chi connectivity index (χ0n) is 90.1. The first-order chi connectivity index (χ1) is 71.6. The molecular formula is C136H172N2O4S3. The van der Waals surface area contributed by atoms with E-state index in [9.17, 15) is 0 Å². The number of hydrogen-bond acceptors (Lipinski definition) is 9. The van der Waals surface area contributed by atoms with E-state index in [0.717, 1.165) is 127 Å². The van der Waals surface area contributed by atoms with Crippen molar-refractivity contribution < 1.29 is 18.9 Å². The summed E-state index contributed by atoms with van der Waals surface area (Å²) < 4.78 is 27.4.